The van der Waals surface area contributed by atoms with Crippen molar-refractivity contribution in [1.29, 1.82) is 0 Å². The first kappa shape index (κ1) is 13.3. The summed E-state index contributed by atoms with van der Waals surface area (Å²) >= 11 is 11.7. The third-order valence-corrected chi connectivity index (χ3v) is 3.12. The fraction of sp³-hybridized carbons (Fsp3) is 0.154. The molecule has 18 heavy (non-hydrogen) atoms. The van der Waals surface area contributed by atoms with Gasteiger partial charge in [0.15, 0.2) is 0 Å². The Bertz CT molecular complexity index is 589. The highest BCUT2D eigenvalue weighted by atomic mass is 35.5. The molecule has 1 atom stereocenters. The van der Waals surface area contributed by atoms with Crippen LogP contribution in [-0.2, 0) is 0 Å². The summed E-state index contributed by atoms with van der Waals surface area (Å²) in [5, 5.41) is 10.7. The van der Waals surface area contributed by atoms with Gasteiger partial charge in [-0.05, 0) is 30.2 Å². The van der Waals surface area contributed by atoms with Gasteiger partial charge >= 0.3 is 0 Å². The van der Waals surface area contributed by atoms with Crippen molar-refractivity contribution in [3.63, 3.8) is 0 Å². The number of aryl methyl sites for hydroxylation is 1. The molecule has 1 aromatic carbocycles. The van der Waals surface area contributed by atoms with E-state index in [-0.39, 0.29) is 16.5 Å². The van der Waals surface area contributed by atoms with Gasteiger partial charge in [0.25, 0.3) is 0 Å². The maximum atomic E-state index is 13.4. The van der Waals surface area contributed by atoms with Crippen LogP contribution >= 0.6 is 23.2 Å². The van der Waals surface area contributed by atoms with Gasteiger partial charge < -0.3 is 5.11 Å². The van der Waals surface area contributed by atoms with Crippen LogP contribution in [0, 0.1) is 12.7 Å². The Morgan fingerprint density at radius 1 is 1.28 bits per heavy atom. The van der Waals surface area contributed by atoms with Crippen molar-refractivity contribution < 1.29 is 9.50 Å². The standard InChI is InChI=1S/C13H10Cl2FNO/c1-7-2-3-8(4-11(7)16)13(18)12-10(15)5-9(14)6-17-12/h2-6,13,18H,1H3. The van der Waals surface area contributed by atoms with E-state index < -0.39 is 6.10 Å². The fourth-order valence-electron chi connectivity index (χ4n) is 1.56. The van der Waals surface area contributed by atoms with E-state index in [9.17, 15) is 9.50 Å². The second-order valence-corrected chi connectivity index (χ2v) is 4.78. The molecule has 5 heteroatoms. The molecule has 94 valence electrons. The summed E-state index contributed by atoms with van der Waals surface area (Å²) in [6.07, 6.45) is 0.307. The van der Waals surface area contributed by atoms with Gasteiger partial charge in [0, 0.05) is 6.20 Å². The number of aromatic nitrogens is 1. The van der Waals surface area contributed by atoms with Crippen LogP contribution in [0.2, 0.25) is 10.0 Å². The van der Waals surface area contributed by atoms with E-state index in [1.165, 1.54) is 18.3 Å². The van der Waals surface area contributed by atoms with Crippen molar-refractivity contribution >= 4 is 23.2 Å². The molecule has 1 N–H and O–H groups in total. The smallest absolute Gasteiger partial charge is 0.126 e. The molecule has 0 amide bonds. The molecule has 1 heterocycles. The zero-order chi connectivity index (χ0) is 13.3. The minimum absolute atomic E-state index is 0.246. The van der Waals surface area contributed by atoms with Crippen LogP contribution in [0.25, 0.3) is 0 Å². The summed E-state index contributed by atoms with van der Waals surface area (Å²) in [4.78, 5) is 3.97. The number of pyridine rings is 1. The molecule has 0 aliphatic heterocycles. The van der Waals surface area contributed by atoms with Gasteiger partial charge in [-0.3, -0.25) is 4.98 Å². The maximum Gasteiger partial charge on any atom is 0.126 e. The number of benzene rings is 1. The molecule has 2 nitrogen and oxygen atoms in total. The zero-order valence-corrected chi connectivity index (χ0v) is 11.0. The van der Waals surface area contributed by atoms with Crippen molar-refractivity contribution in [2.24, 2.45) is 0 Å². The van der Waals surface area contributed by atoms with E-state index in [0.29, 0.717) is 16.1 Å². The van der Waals surface area contributed by atoms with E-state index in [0.717, 1.165) is 0 Å². The van der Waals surface area contributed by atoms with Gasteiger partial charge in [-0.2, -0.15) is 0 Å². The molecule has 2 rings (SSSR count). The van der Waals surface area contributed by atoms with Crippen LogP contribution in [0.3, 0.4) is 0 Å². The normalized spacial score (nSPS) is 12.5. The Kier molecular flexibility index (Phi) is 3.85. The quantitative estimate of drug-likeness (QED) is 0.907. The topological polar surface area (TPSA) is 33.1 Å². The summed E-state index contributed by atoms with van der Waals surface area (Å²) in [7, 11) is 0. The summed E-state index contributed by atoms with van der Waals surface area (Å²) in [5.41, 5.74) is 1.17. The van der Waals surface area contributed by atoms with Crippen molar-refractivity contribution in [2.75, 3.05) is 0 Å². The molecule has 0 spiro atoms. The van der Waals surface area contributed by atoms with Gasteiger partial charge in [0.2, 0.25) is 0 Å². The highest BCUT2D eigenvalue weighted by Crippen LogP contribution is 2.28. The molecule has 0 radical (unpaired) electrons. The van der Waals surface area contributed by atoms with Crippen LogP contribution in [0.4, 0.5) is 4.39 Å². The molecule has 1 aromatic heterocycles. The van der Waals surface area contributed by atoms with E-state index >= 15 is 0 Å². The maximum absolute atomic E-state index is 13.4. The molecule has 1 unspecified atom stereocenters. The first-order chi connectivity index (χ1) is 8.49. The lowest BCUT2D eigenvalue weighted by atomic mass is 10.0. The number of hydrogen-bond acceptors (Lipinski definition) is 2. The van der Waals surface area contributed by atoms with Crippen LogP contribution < -0.4 is 0 Å². The van der Waals surface area contributed by atoms with Crippen molar-refractivity contribution in [3.05, 3.63) is 63.1 Å². The Morgan fingerprint density at radius 2 is 2.00 bits per heavy atom. The number of hydrogen-bond donors (Lipinski definition) is 1. The average Bonchev–Trinajstić information content (AvgIpc) is 2.32. The van der Waals surface area contributed by atoms with Gasteiger partial charge in [-0.1, -0.05) is 35.3 Å². The molecule has 0 aliphatic carbocycles. The van der Waals surface area contributed by atoms with Crippen LogP contribution in [-0.4, -0.2) is 10.1 Å². The van der Waals surface area contributed by atoms with E-state index in [1.54, 1.807) is 19.1 Å². The molecule has 2 aromatic rings. The average molecular weight is 286 g/mol. The Labute approximate surface area is 114 Å². The van der Waals surface area contributed by atoms with Gasteiger partial charge in [0.05, 0.1) is 15.7 Å². The predicted octanol–water partition coefficient (Wildman–Crippen LogP) is 3.92. The van der Waals surface area contributed by atoms with Gasteiger partial charge in [-0.25, -0.2) is 4.39 Å². The summed E-state index contributed by atoms with van der Waals surface area (Å²) in [5.74, 6) is -0.378. The predicted molar refractivity (Wildman–Crippen MR) is 69.5 cm³/mol. The minimum Gasteiger partial charge on any atom is -0.382 e. The third kappa shape index (κ3) is 2.64. The lowest BCUT2D eigenvalue weighted by Crippen LogP contribution is -2.04. The number of rotatable bonds is 2. The molecule has 0 bridgehead atoms. The highest BCUT2D eigenvalue weighted by Gasteiger charge is 2.16. The Hall–Kier alpha value is -1.16. The lowest BCUT2D eigenvalue weighted by Gasteiger charge is -2.12. The second-order valence-electron chi connectivity index (χ2n) is 3.93. The molecular weight excluding hydrogens is 276 g/mol. The SMILES string of the molecule is Cc1ccc(C(O)c2ncc(Cl)cc2Cl)cc1F. The monoisotopic (exact) mass is 285 g/mol. The second kappa shape index (κ2) is 5.22. The number of aliphatic hydroxyl groups is 1. The zero-order valence-electron chi connectivity index (χ0n) is 9.49. The van der Waals surface area contributed by atoms with E-state index in [1.807, 2.05) is 0 Å². The van der Waals surface area contributed by atoms with E-state index in [4.69, 9.17) is 23.2 Å². The van der Waals surface area contributed by atoms with Gasteiger partial charge in [-0.15, -0.1) is 0 Å². The van der Waals surface area contributed by atoms with Gasteiger partial charge in [0.1, 0.15) is 11.9 Å². The number of aliphatic hydroxyl groups excluding tert-OH is 1. The molecule has 0 saturated heterocycles. The van der Waals surface area contributed by atoms with Crippen molar-refractivity contribution in [3.8, 4) is 0 Å². The largest absolute Gasteiger partial charge is 0.382 e. The van der Waals surface area contributed by atoms with Crippen molar-refractivity contribution in [2.45, 2.75) is 13.0 Å². The van der Waals surface area contributed by atoms with Crippen LogP contribution in [0.15, 0.2) is 30.5 Å². The lowest BCUT2D eigenvalue weighted by molar-refractivity contribution is 0.215. The fourth-order valence-corrected chi connectivity index (χ4v) is 2.05. The highest BCUT2D eigenvalue weighted by molar-refractivity contribution is 6.34. The Balaban J connectivity index is 2.41. The summed E-state index contributed by atoms with van der Waals surface area (Å²) < 4.78 is 13.4. The summed E-state index contributed by atoms with van der Waals surface area (Å²) in [6.45, 7) is 1.65. The summed E-state index contributed by atoms with van der Waals surface area (Å²) in [6, 6.07) is 5.99. The van der Waals surface area contributed by atoms with Crippen LogP contribution in [0.5, 0.6) is 0 Å². The van der Waals surface area contributed by atoms with Crippen molar-refractivity contribution in [1.82, 2.24) is 4.98 Å². The van der Waals surface area contributed by atoms with E-state index in [2.05, 4.69) is 4.98 Å². The number of nitrogens with zero attached hydrogens (tertiary/aromatic N) is 1. The first-order valence-corrected chi connectivity index (χ1v) is 5.99. The molecule has 0 fully saturated rings. The first-order valence-electron chi connectivity index (χ1n) is 5.24. The number of halogens is 3. The molecular formula is C13H10Cl2FNO. The molecule has 0 aliphatic rings. The molecule has 0 saturated carbocycles. The minimum atomic E-state index is -1.08. The Morgan fingerprint density at radius 3 is 2.61 bits per heavy atom. The van der Waals surface area contributed by atoms with Crippen LogP contribution in [0.1, 0.15) is 22.9 Å². The third-order valence-electron chi connectivity index (χ3n) is 2.61.